The molecule has 0 bridgehead atoms. The highest BCUT2D eigenvalue weighted by Gasteiger charge is 2.18. The number of hydrogen-bond acceptors (Lipinski definition) is 7. The van der Waals surface area contributed by atoms with E-state index >= 15 is 0 Å². The lowest BCUT2D eigenvalue weighted by molar-refractivity contribution is -0.130. The van der Waals surface area contributed by atoms with Crippen molar-refractivity contribution in [2.75, 3.05) is 45.3 Å². The van der Waals surface area contributed by atoms with Crippen molar-refractivity contribution < 1.29 is 28.7 Å². The summed E-state index contributed by atoms with van der Waals surface area (Å²) in [5.41, 5.74) is 12.0. The van der Waals surface area contributed by atoms with Crippen LogP contribution in [0.15, 0.2) is 24.3 Å². The summed E-state index contributed by atoms with van der Waals surface area (Å²) in [5.74, 6) is -1.88. The van der Waals surface area contributed by atoms with Crippen molar-refractivity contribution in [2.24, 2.45) is 5.73 Å². The first-order valence-corrected chi connectivity index (χ1v) is 10.5. The fourth-order valence-electron chi connectivity index (χ4n) is 2.60. The summed E-state index contributed by atoms with van der Waals surface area (Å²) in [6.45, 7) is 2.99. The second-order valence-electron chi connectivity index (χ2n) is 6.92. The molecule has 32 heavy (non-hydrogen) atoms. The van der Waals surface area contributed by atoms with Crippen molar-refractivity contribution in [1.29, 1.82) is 0 Å². The van der Waals surface area contributed by atoms with E-state index in [4.69, 9.17) is 20.9 Å². The third kappa shape index (κ3) is 11.9. The molecule has 0 fully saturated rings. The van der Waals surface area contributed by atoms with Crippen LogP contribution in [0.5, 0.6) is 0 Å². The van der Waals surface area contributed by atoms with Crippen LogP contribution >= 0.6 is 0 Å². The Morgan fingerprint density at radius 3 is 2.31 bits per heavy atom. The molecule has 1 atom stereocenters. The zero-order valence-corrected chi connectivity index (χ0v) is 18.4. The van der Waals surface area contributed by atoms with Crippen LogP contribution in [0.2, 0.25) is 0 Å². The largest absolute Gasteiger partial charge is 0.399 e. The Morgan fingerprint density at radius 2 is 1.66 bits per heavy atom. The minimum atomic E-state index is -0.866. The molecule has 0 heterocycles. The van der Waals surface area contributed by atoms with E-state index in [-0.39, 0.29) is 25.7 Å². The van der Waals surface area contributed by atoms with Gasteiger partial charge in [-0.1, -0.05) is 0 Å². The Balaban J connectivity index is 2.22. The predicted molar refractivity (Wildman–Crippen MR) is 118 cm³/mol. The molecule has 0 saturated carbocycles. The number of amides is 4. The minimum absolute atomic E-state index is 0.193. The Hall–Kier alpha value is -3.18. The van der Waals surface area contributed by atoms with Gasteiger partial charge in [-0.25, -0.2) is 0 Å². The first-order chi connectivity index (χ1) is 15.3. The quantitative estimate of drug-likeness (QED) is 0.163. The molecule has 11 heteroatoms. The van der Waals surface area contributed by atoms with Gasteiger partial charge in [0.1, 0.15) is 12.6 Å². The van der Waals surface area contributed by atoms with Crippen LogP contribution in [0.1, 0.15) is 36.5 Å². The number of nitrogens with one attached hydrogen (secondary N) is 3. The number of anilines is 1. The maximum Gasteiger partial charge on any atom is 0.251 e. The number of hydrogen-bond donors (Lipinski definition) is 5. The molecule has 1 rings (SSSR count). The molecular weight excluding hydrogens is 418 g/mol. The molecule has 178 valence electrons. The van der Waals surface area contributed by atoms with Crippen molar-refractivity contribution in [3.05, 3.63) is 29.8 Å². The van der Waals surface area contributed by atoms with Crippen LogP contribution in [-0.2, 0) is 23.9 Å². The van der Waals surface area contributed by atoms with Crippen LogP contribution in [0.25, 0.3) is 0 Å². The van der Waals surface area contributed by atoms with E-state index in [1.807, 2.05) is 6.92 Å². The van der Waals surface area contributed by atoms with Gasteiger partial charge in [0, 0.05) is 24.4 Å². The maximum atomic E-state index is 12.0. The van der Waals surface area contributed by atoms with Crippen molar-refractivity contribution >= 4 is 29.3 Å². The summed E-state index contributed by atoms with van der Waals surface area (Å²) >= 11 is 0. The SMILES string of the molecule is CCOCCOCC(=O)NCC(=O)NC(CCCCNC(=O)c1ccc(N)cc1)C(N)=O. The molecule has 0 aliphatic heterocycles. The highest BCUT2D eigenvalue weighted by Crippen LogP contribution is 2.05. The third-order valence-corrected chi connectivity index (χ3v) is 4.31. The lowest BCUT2D eigenvalue weighted by Gasteiger charge is -2.16. The van der Waals surface area contributed by atoms with E-state index in [0.29, 0.717) is 50.3 Å². The average molecular weight is 452 g/mol. The Morgan fingerprint density at radius 1 is 0.969 bits per heavy atom. The van der Waals surface area contributed by atoms with Crippen LogP contribution in [0, 0.1) is 0 Å². The molecule has 0 aromatic heterocycles. The van der Waals surface area contributed by atoms with Gasteiger partial charge < -0.3 is 36.9 Å². The number of carbonyl (C=O) groups is 4. The molecule has 7 N–H and O–H groups in total. The summed E-state index contributed by atoms with van der Waals surface area (Å²) in [6.07, 6.45) is 1.46. The van der Waals surface area contributed by atoms with E-state index in [1.165, 1.54) is 0 Å². The highest BCUT2D eigenvalue weighted by atomic mass is 16.5. The van der Waals surface area contributed by atoms with Gasteiger partial charge in [-0.15, -0.1) is 0 Å². The van der Waals surface area contributed by atoms with Crippen LogP contribution in [-0.4, -0.2) is 69.2 Å². The number of ether oxygens (including phenoxy) is 2. The number of benzene rings is 1. The average Bonchev–Trinajstić information content (AvgIpc) is 2.76. The standard InChI is InChI=1S/C21H33N5O6/c1-2-31-11-12-32-14-19(28)25-13-18(27)26-17(20(23)29)5-3-4-10-24-21(30)15-6-8-16(22)9-7-15/h6-9,17H,2-5,10-14,22H2,1H3,(H2,23,29)(H,24,30)(H,25,28)(H,26,27). The van der Waals surface area contributed by atoms with Gasteiger partial charge >= 0.3 is 0 Å². The van der Waals surface area contributed by atoms with Crippen molar-refractivity contribution in [2.45, 2.75) is 32.2 Å². The zero-order valence-electron chi connectivity index (χ0n) is 18.4. The fraction of sp³-hybridized carbons (Fsp3) is 0.524. The maximum absolute atomic E-state index is 12.0. The summed E-state index contributed by atoms with van der Waals surface area (Å²) in [4.78, 5) is 47.2. The summed E-state index contributed by atoms with van der Waals surface area (Å²) in [5, 5.41) is 7.67. The summed E-state index contributed by atoms with van der Waals surface area (Å²) < 4.78 is 10.2. The van der Waals surface area contributed by atoms with Crippen LogP contribution in [0.3, 0.4) is 0 Å². The smallest absolute Gasteiger partial charge is 0.251 e. The first-order valence-electron chi connectivity index (χ1n) is 10.5. The van der Waals surface area contributed by atoms with Gasteiger partial charge in [-0.2, -0.15) is 0 Å². The molecule has 11 nitrogen and oxygen atoms in total. The van der Waals surface area contributed by atoms with Crippen molar-refractivity contribution in [1.82, 2.24) is 16.0 Å². The van der Waals surface area contributed by atoms with Gasteiger partial charge in [-0.3, -0.25) is 19.2 Å². The van der Waals surface area contributed by atoms with Gasteiger partial charge in [-0.05, 0) is 50.5 Å². The molecule has 4 amide bonds. The molecule has 1 unspecified atom stereocenters. The molecule has 0 spiro atoms. The van der Waals surface area contributed by atoms with Gasteiger partial charge in [0.2, 0.25) is 17.7 Å². The van der Waals surface area contributed by atoms with Crippen molar-refractivity contribution in [3.8, 4) is 0 Å². The number of primary amides is 1. The van der Waals surface area contributed by atoms with Gasteiger partial charge in [0.25, 0.3) is 5.91 Å². The van der Waals surface area contributed by atoms with E-state index in [9.17, 15) is 19.2 Å². The van der Waals surface area contributed by atoms with E-state index in [1.54, 1.807) is 24.3 Å². The summed E-state index contributed by atoms with van der Waals surface area (Å²) in [6, 6.07) is 5.69. The molecule has 0 radical (unpaired) electrons. The molecule has 0 aliphatic carbocycles. The number of carbonyl (C=O) groups excluding carboxylic acids is 4. The van der Waals surface area contributed by atoms with E-state index in [2.05, 4.69) is 16.0 Å². The number of unbranched alkanes of at least 4 members (excludes halogenated alkanes) is 1. The predicted octanol–water partition coefficient (Wildman–Crippen LogP) is -0.692. The first kappa shape index (κ1) is 26.9. The van der Waals surface area contributed by atoms with Crippen LogP contribution in [0.4, 0.5) is 5.69 Å². The van der Waals surface area contributed by atoms with Crippen molar-refractivity contribution in [3.63, 3.8) is 0 Å². The molecule has 1 aromatic rings. The van der Waals surface area contributed by atoms with Gasteiger partial charge in [0.15, 0.2) is 0 Å². The Labute approximate surface area is 187 Å². The minimum Gasteiger partial charge on any atom is -0.399 e. The second kappa shape index (κ2) is 15.6. The molecule has 1 aromatic carbocycles. The van der Waals surface area contributed by atoms with E-state index < -0.39 is 23.8 Å². The second-order valence-corrected chi connectivity index (χ2v) is 6.92. The number of rotatable bonds is 16. The monoisotopic (exact) mass is 451 g/mol. The third-order valence-electron chi connectivity index (χ3n) is 4.31. The normalized spacial score (nSPS) is 11.4. The van der Waals surface area contributed by atoms with Gasteiger partial charge in [0.05, 0.1) is 19.8 Å². The lowest BCUT2D eigenvalue weighted by atomic mass is 10.1. The molecule has 0 saturated heterocycles. The Kier molecular flexibility index (Phi) is 13.1. The summed E-state index contributed by atoms with van der Waals surface area (Å²) in [7, 11) is 0. The zero-order chi connectivity index (χ0) is 23.8. The Bertz CT molecular complexity index is 741. The number of nitrogens with two attached hydrogens (primary N) is 2. The fourth-order valence-corrected chi connectivity index (χ4v) is 2.60. The number of nitrogen functional groups attached to an aromatic ring is 1. The molecule has 0 aliphatic rings. The lowest BCUT2D eigenvalue weighted by Crippen LogP contribution is -2.48. The topological polar surface area (TPSA) is 175 Å². The molecular formula is C21H33N5O6. The van der Waals surface area contributed by atoms with E-state index in [0.717, 1.165) is 0 Å². The van der Waals surface area contributed by atoms with Crippen LogP contribution < -0.4 is 27.4 Å². The highest BCUT2D eigenvalue weighted by molar-refractivity contribution is 5.94.